The number of thiophene rings is 1. The Morgan fingerprint density at radius 2 is 2.00 bits per heavy atom. The van der Waals surface area contributed by atoms with Gasteiger partial charge in [0, 0.05) is 11.8 Å². The molecule has 4 nitrogen and oxygen atoms in total. The van der Waals surface area contributed by atoms with Crippen LogP contribution in [0.1, 0.15) is 9.67 Å². The van der Waals surface area contributed by atoms with E-state index in [2.05, 4.69) is 4.98 Å². The Morgan fingerprint density at radius 1 is 1.25 bits per heavy atom. The predicted molar refractivity (Wildman–Crippen MR) is 80.8 cm³/mol. The zero-order valence-electron chi connectivity index (χ0n) is 10.8. The van der Waals surface area contributed by atoms with Gasteiger partial charge < -0.3 is 10.5 Å². The first-order valence-corrected chi connectivity index (χ1v) is 6.84. The van der Waals surface area contributed by atoms with Crippen molar-refractivity contribution in [1.82, 2.24) is 4.98 Å². The number of esters is 1. The number of fused-ring (bicyclic) bond motifs is 1. The molecule has 20 heavy (non-hydrogen) atoms. The standard InChI is InChI=1S/C15H12N2O2S/c1-19-15(18)14-12(16)13-11(20-14)7-10(8-17-13)9-5-3-2-4-6-9/h2-8H,16H2,1H3. The summed E-state index contributed by atoms with van der Waals surface area (Å²) in [5.74, 6) is -0.424. The number of nitrogens with two attached hydrogens (primary N) is 1. The van der Waals surface area contributed by atoms with Crippen molar-refractivity contribution in [3.05, 3.63) is 47.5 Å². The summed E-state index contributed by atoms with van der Waals surface area (Å²) < 4.78 is 5.60. The highest BCUT2D eigenvalue weighted by Gasteiger charge is 2.18. The Morgan fingerprint density at radius 3 is 2.70 bits per heavy atom. The van der Waals surface area contributed by atoms with E-state index in [9.17, 15) is 4.79 Å². The molecule has 2 aromatic heterocycles. The van der Waals surface area contributed by atoms with Crippen LogP contribution in [0, 0.1) is 0 Å². The number of carbonyl (C=O) groups is 1. The quantitative estimate of drug-likeness (QED) is 0.733. The van der Waals surface area contributed by atoms with E-state index in [1.54, 1.807) is 6.20 Å². The number of anilines is 1. The molecule has 0 atom stereocenters. The second kappa shape index (κ2) is 4.94. The Kier molecular flexibility index (Phi) is 3.12. The number of aromatic nitrogens is 1. The zero-order valence-corrected chi connectivity index (χ0v) is 11.6. The molecule has 0 saturated carbocycles. The summed E-state index contributed by atoms with van der Waals surface area (Å²) in [5, 5.41) is 0. The van der Waals surface area contributed by atoms with E-state index in [4.69, 9.17) is 10.5 Å². The van der Waals surface area contributed by atoms with Gasteiger partial charge in [0.05, 0.1) is 17.5 Å². The van der Waals surface area contributed by atoms with Crippen LogP contribution >= 0.6 is 11.3 Å². The van der Waals surface area contributed by atoms with Crippen LogP contribution in [-0.2, 0) is 4.74 Å². The van der Waals surface area contributed by atoms with Crippen LogP contribution in [0.5, 0.6) is 0 Å². The highest BCUT2D eigenvalue weighted by atomic mass is 32.1. The normalized spacial score (nSPS) is 10.7. The summed E-state index contributed by atoms with van der Waals surface area (Å²) in [7, 11) is 1.34. The Hall–Kier alpha value is -2.40. The molecule has 2 heterocycles. The van der Waals surface area contributed by atoms with Gasteiger partial charge in [-0.15, -0.1) is 11.3 Å². The molecule has 0 aliphatic rings. The maximum atomic E-state index is 11.6. The third-order valence-corrected chi connectivity index (χ3v) is 4.16. The van der Waals surface area contributed by atoms with Gasteiger partial charge in [-0.2, -0.15) is 0 Å². The van der Waals surface area contributed by atoms with Crippen LogP contribution in [0.15, 0.2) is 42.6 Å². The smallest absolute Gasteiger partial charge is 0.350 e. The van der Waals surface area contributed by atoms with Gasteiger partial charge in [-0.3, -0.25) is 4.98 Å². The molecule has 0 unspecified atom stereocenters. The molecule has 0 aliphatic heterocycles. The van der Waals surface area contributed by atoms with E-state index in [-0.39, 0.29) is 0 Å². The fourth-order valence-electron chi connectivity index (χ4n) is 2.03. The average Bonchev–Trinajstić information content (AvgIpc) is 2.84. The number of rotatable bonds is 2. The molecule has 0 amide bonds. The minimum atomic E-state index is -0.424. The second-order valence-corrected chi connectivity index (χ2v) is 5.33. The zero-order chi connectivity index (χ0) is 14.1. The molecule has 0 spiro atoms. The number of carbonyl (C=O) groups excluding carboxylic acids is 1. The van der Waals surface area contributed by atoms with Crippen molar-refractivity contribution in [3.63, 3.8) is 0 Å². The summed E-state index contributed by atoms with van der Waals surface area (Å²) in [6.07, 6.45) is 1.77. The molecule has 0 saturated heterocycles. The van der Waals surface area contributed by atoms with Crippen molar-refractivity contribution >= 4 is 33.2 Å². The number of benzene rings is 1. The predicted octanol–water partition coefficient (Wildman–Crippen LogP) is 3.33. The molecule has 0 bridgehead atoms. The van der Waals surface area contributed by atoms with E-state index in [1.165, 1.54) is 18.4 Å². The van der Waals surface area contributed by atoms with E-state index < -0.39 is 5.97 Å². The molecule has 2 N–H and O–H groups in total. The van der Waals surface area contributed by atoms with Crippen LogP contribution in [0.4, 0.5) is 5.69 Å². The van der Waals surface area contributed by atoms with Gasteiger partial charge in [0.25, 0.3) is 0 Å². The second-order valence-electron chi connectivity index (χ2n) is 4.27. The third-order valence-electron chi connectivity index (χ3n) is 3.04. The molecule has 0 fully saturated rings. The summed E-state index contributed by atoms with van der Waals surface area (Å²) in [4.78, 5) is 16.4. The largest absolute Gasteiger partial charge is 0.465 e. The van der Waals surface area contributed by atoms with Gasteiger partial charge in [0.15, 0.2) is 0 Å². The minimum absolute atomic E-state index is 0.386. The van der Waals surface area contributed by atoms with Crippen molar-refractivity contribution < 1.29 is 9.53 Å². The van der Waals surface area contributed by atoms with Crippen molar-refractivity contribution in [2.75, 3.05) is 12.8 Å². The minimum Gasteiger partial charge on any atom is -0.465 e. The SMILES string of the molecule is COC(=O)c1sc2cc(-c3ccccc3)cnc2c1N. The number of nitrogens with zero attached hydrogens (tertiary/aromatic N) is 1. The Balaban J connectivity index is 2.15. The topological polar surface area (TPSA) is 65.2 Å². The lowest BCUT2D eigenvalue weighted by molar-refractivity contribution is 0.0607. The van der Waals surface area contributed by atoms with Gasteiger partial charge in [-0.25, -0.2) is 4.79 Å². The van der Waals surface area contributed by atoms with E-state index >= 15 is 0 Å². The summed E-state index contributed by atoms with van der Waals surface area (Å²) >= 11 is 1.30. The molecule has 100 valence electrons. The van der Waals surface area contributed by atoms with E-state index in [0.717, 1.165) is 15.8 Å². The van der Waals surface area contributed by atoms with Crippen molar-refractivity contribution in [2.24, 2.45) is 0 Å². The van der Waals surface area contributed by atoms with Gasteiger partial charge in [-0.1, -0.05) is 30.3 Å². The average molecular weight is 284 g/mol. The lowest BCUT2D eigenvalue weighted by atomic mass is 10.1. The monoisotopic (exact) mass is 284 g/mol. The molecule has 0 aliphatic carbocycles. The highest BCUT2D eigenvalue weighted by molar-refractivity contribution is 7.21. The lowest BCUT2D eigenvalue weighted by Crippen LogP contribution is -2.01. The fourth-order valence-corrected chi connectivity index (χ4v) is 3.07. The number of pyridine rings is 1. The first kappa shape index (κ1) is 12.6. The van der Waals surface area contributed by atoms with Crippen LogP contribution in [0.25, 0.3) is 21.3 Å². The van der Waals surface area contributed by atoms with Gasteiger partial charge in [-0.05, 0) is 11.6 Å². The highest BCUT2D eigenvalue weighted by Crippen LogP contribution is 2.34. The molecular weight excluding hydrogens is 272 g/mol. The first-order chi connectivity index (χ1) is 9.70. The molecule has 3 rings (SSSR count). The molecule has 5 heteroatoms. The van der Waals surface area contributed by atoms with Gasteiger partial charge in [0.1, 0.15) is 10.4 Å². The van der Waals surface area contributed by atoms with Crippen LogP contribution in [-0.4, -0.2) is 18.1 Å². The van der Waals surface area contributed by atoms with Crippen LogP contribution in [0.2, 0.25) is 0 Å². The molecular formula is C15H12N2O2S. The van der Waals surface area contributed by atoms with E-state index in [0.29, 0.717) is 16.1 Å². The molecule has 1 aromatic carbocycles. The maximum absolute atomic E-state index is 11.6. The number of nitrogen functional groups attached to an aromatic ring is 1. The Labute approximate surface area is 119 Å². The first-order valence-electron chi connectivity index (χ1n) is 6.02. The lowest BCUT2D eigenvalue weighted by Gasteiger charge is -2.00. The number of ether oxygens (including phenoxy) is 1. The molecule has 3 aromatic rings. The maximum Gasteiger partial charge on any atom is 0.350 e. The Bertz CT molecular complexity index is 781. The molecule has 0 radical (unpaired) electrons. The number of hydrogen-bond acceptors (Lipinski definition) is 5. The van der Waals surface area contributed by atoms with Crippen molar-refractivity contribution in [2.45, 2.75) is 0 Å². The number of hydrogen-bond donors (Lipinski definition) is 1. The number of methoxy groups -OCH3 is 1. The van der Waals surface area contributed by atoms with Crippen LogP contribution in [0.3, 0.4) is 0 Å². The van der Waals surface area contributed by atoms with Gasteiger partial charge >= 0.3 is 5.97 Å². The summed E-state index contributed by atoms with van der Waals surface area (Å²) in [6.45, 7) is 0. The van der Waals surface area contributed by atoms with Crippen LogP contribution < -0.4 is 5.73 Å². The van der Waals surface area contributed by atoms with Gasteiger partial charge in [0.2, 0.25) is 0 Å². The fraction of sp³-hybridized carbons (Fsp3) is 0.0667. The third kappa shape index (κ3) is 2.02. The van der Waals surface area contributed by atoms with Crippen molar-refractivity contribution in [1.29, 1.82) is 0 Å². The summed E-state index contributed by atoms with van der Waals surface area (Å²) in [5.41, 5.74) is 9.06. The van der Waals surface area contributed by atoms with E-state index in [1.807, 2.05) is 36.4 Å². The van der Waals surface area contributed by atoms with Crippen molar-refractivity contribution in [3.8, 4) is 11.1 Å². The summed E-state index contributed by atoms with van der Waals surface area (Å²) in [6, 6.07) is 11.9.